The molecule has 0 bridgehead atoms. The summed E-state index contributed by atoms with van der Waals surface area (Å²) in [4.78, 5) is 18.5. The Hall–Kier alpha value is -1.84. The second kappa shape index (κ2) is 5.90. The maximum absolute atomic E-state index is 10.1. The third-order valence-electron chi connectivity index (χ3n) is 2.28. The van der Waals surface area contributed by atoms with E-state index in [1.54, 1.807) is 7.05 Å². The van der Waals surface area contributed by atoms with Gasteiger partial charge in [0.05, 0.1) is 0 Å². The van der Waals surface area contributed by atoms with Crippen LogP contribution in [0.2, 0.25) is 0 Å². The molecule has 4 nitrogen and oxygen atoms in total. The molecule has 0 aliphatic carbocycles. The monoisotopic (exact) mass is 220 g/mol. The van der Waals surface area contributed by atoms with E-state index in [4.69, 9.17) is 0 Å². The lowest BCUT2D eigenvalue weighted by Gasteiger charge is -2.09. The fraction of sp³-hybridized carbons (Fsp3) is 0.333. The smallest absolute Gasteiger partial charge is 0.320 e. The molecule has 1 aromatic carbocycles. The number of amidine groups is 1. The molecule has 16 heavy (non-hydrogen) atoms. The Morgan fingerprint density at radius 3 is 2.44 bits per heavy atom. The van der Waals surface area contributed by atoms with E-state index in [2.05, 4.69) is 29.2 Å². The molecule has 0 radical (unpaired) electrons. The summed E-state index contributed by atoms with van der Waals surface area (Å²) in [5, 5.41) is 0. The van der Waals surface area contributed by atoms with E-state index in [0.29, 0.717) is 18.2 Å². The summed E-state index contributed by atoms with van der Waals surface area (Å²) in [6, 6.07) is 7.96. The lowest BCUT2D eigenvalue weighted by atomic mass is 10.0. The second-order valence-electron chi connectivity index (χ2n) is 3.67. The van der Waals surface area contributed by atoms with Crippen molar-refractivity contribution in [3.05, 3.63) is 35.4 Å². The van der Waals surface area contributed by atoms with E-state index in [0.717, 1.165) is 5.56 Å². The molecule has 0 aliphatic rings. The van der Waals surface area contributed by atoms with Crippen LogP contribution in [0.1, 0.15) is 30.9 Å². The van der Waals surface area contributed by atoms with E-state index in [1.165, 1.54) is 5.56 Å². The molecule has 4 heteroatoms. The van der Waals surface area contributed by atoms with Gasteiger partial charge in [-0.15, -0.1) is 0 Å². The summed E-state index contributed by atoms with van der Waals surface area (Å²) in [6.07, 6.45) is 0. The van der Waals surface area contributed by atoms with Crippen LogP contribution in [-0.4, -0.2) is 19.4 Å². The lowest BCUT2D eigenvalue weighted by Crippen LogP contribution is -2.24. The summed E-state index contributed by atoms with van der Waals surface area (Å²) in [5.74, 6) is 1.03. The number of carbonyl (C=O) groups excluding carboxylic acids is 1. The van der Waals surface area contributed by atoms with Crippen molar-refractivity contribution < 1.29 is 9.63 Å². The zero-order valence-corrected chi connectivity index (χ0v) is 9.73. The van der Waals surface area contributed by atoms with Crippen molar-refractivity contribution in [2.24, 2.45) is 4.99 Å². The van der Waals surface area contributed by atoms with Gasteiger partial charge in [0.25, 0.3) is 0 Å². The summed E-state index contributed by atoms with van der Waals surface area (Å²) in [6.45, 7) is 4.60. The van der Waals surface area contributed by atoms with Gasteiger partial charge in [0.1, 0.15) is 0 Å². The summed E-state index contributed by atoms with van der Waals surface area (Å²) in [5.41, 5.74) is 4.61. The van der Waals surface area contributed by atoms with Crippen LogP contribution in [0, 0.1) is 0 Å². The maximum atomic E-state index is 10.1. The fourth-order valence-corrected chi connectivity index (χ4v) is 1.34. The first-order valence-corrected chi connectivity index (χ1v) is 5.11. The molecule has 1 aromatic rings. The van der Waals surface area contributed by atoms with Crippen LogP contribution >= 0.6 is 0 Å². The Morgan fingerprint density at radius 1 is 1.38 bits per heavy atom. The molecule has 86 valence electrons. The van der Waals surface area contributed by atoms with E-state index in [9.17, 15) is 4.79 Å². The average molecular weight is 220 g/mol. The van der Waals surface area contributed by atoms with E-state index < -0.39 is 0 Å². The molecule has 0 spiro atoms. The van der Waals surface area contributed by atoms with Crippen LogP contribution in [0.4, 0.5) is 0 Å². The van der Waals surface area contributed by atoms with Gasteiger partial charge in [-0.25, -0.2) is 5.48 Å². The summed E-state index contributed by atoms with van der Waals surface area (Å²) in [7, 11) is 1.63. The van der Waals surface area contributed by atoms with Crippen molar-refractivity contribution in [3.8, 4) is 0 Å². The van der Waals surface area contributed by atoms with Crippen molar-refractivity contribution in [2.45, 2.75) is 19.8 Å². The van der Waals surface area contributed by atoms with Gasteiger partial charge in [0, 0.05) is 12.6 Å². The predicted molar refractivity (Wildman–Crippen MR) is 63.3 cm³/mol. The van der Waals surface area contributed by atoms with Gasteiger partial charge in [-0.3, -0.25) is 9.79 Å². The van der Waals surface area contributed by atoms with Crippen molar-refractivity contribution in [3.63, 3.8) is 0 Å². The number of nitrogens with zero attached hydrogens (tertiary/aromatic N) is 1. The van der Waals surface area contributed by atoms with Crippen molar-refractivity contribution in [2.75, 3.05) is 7.05 Å². The van der Waals surface area contributed by atoms with Gasteiger partial charge in [-0.2, -0.15) is 0 Å². The Morgan fingerprint density at radius 2 is 2.00 bits per heavy atom. The highest BCUT2D eigenvalue weighted by Gasteiger charge is 2.04. The molecule has 1 N–H and O–H groups in total. The number of carbonyl (C=O) groups is 1. The minimum Gasteiger partial charge on any atom is -0.345 e. The van der Waals surface area contributed by atoms with Crippen molar-refractivity contribution in [1.82, 2.24) is 5.48 Å². The zero-order valence-electron chi connectivity index (χ0n) is 9.73. The highest BCUT2D eigenvalue weighted by molar-refractivity contribution is 5.98. The Balaban J connectivity index is 2.83. The molecule has 0 saturated heterocycles. The number of hydrogen-bond donors (Lipinski definition) is 1. The molecule has 0 unspecified atom stereocenters. The number of rotatable bonds is 4. The van der Waals surface area contributed by atoms with Crippen LogP contribution in [0.3, 0.4) is 0 Å². The normalized spacial score (nSPS) is 11.4. The highest BCUT2D eigenvalue weighted by Crippen LogP contribution is 2.14. The summed E-state index contributed by atoms with van der Waals surface area (Å²) >= 11 is 0. The minimum absolute atomic E-state index is 0.327. The van der Waals surface area contributed by atoms with Crippen LogP contribution < -0.4 is 5.48 Å². The lowest BCUT2D eigenvalue weighted by molar-refractivity contribution is -0.132. The number of aliphatic imine (C=N–C) groups is 1. The first-order valence-electron chi connectivity index (χ1n) is 5.11. The molecule has 0 amide bonds. The van der Waals surface area contributed by atoms with Gasteiger partial charge >= 0.3 is 6.47 Å². The predicted octanol–water partition coefficient (Wildman–Crippen LogP) is 1.86. The minimum atomic E-state index is 0.327. The Bertz CT molecular complexity index is 369. The number of hydroxylamine groups is 1. The number of benzene rings is 1. The molecular formula is C12H16N2O2. The van der Waals surface area contributed by atoms with Gasteiger partial charge in [0.15, 0.2) is 5.84 Å². The molecule has 0 heterocycles. The van der Waals surface area contributed by atoms with E-state index in [1.807, 2.05) is 24.3 Å². The van der Waals surface area contributed by atoms with Crippen molar-refractivity contribution >= 4 is 12.3 Å². The number of hydrogen-bond acceptors (Lipinski definition) is 3. The maximum Gasteiger partial charge on any atom is 0.320 e. The molecule has 1 rings (SSSR count). The third-order valence-corrected chi connectivity index (χ3v) is 2.28. The van der Waals surface area contributed by atoms with Crippen LogP contribution in [-0.2, 0) is 9.63 Å². The fourth-order valence-electron chi connectivity index (χ4n) is 1.34. The molecule has 0 atom stereocenters. The zero-order chi connectivity index (χ0) is 12.0. The largest absolute Gasteiger partial charge is 0.345 e. The summed E-state index contributed by atoms with van der Waals surface area (Å²) < 4.78 is 0. The molecule has 0 aromatic heterocycles. The molecule has 0 saturated carbocycles. The van der Waals surface area contributed by atoms with Gasteiger partial charge in [-0.1, -0.05) is 38.1 Å². The Kier molecular flexibility index (Phi) is 4.51. The topological polar surface area (TPSA) is 50.7 Å². The van der Waals surface area contributed by atoms with Crippen LogP contribution in [0.5, 0.6) is 0 Å². The third kappa shape index (κ3) is 3.08. The molecule has 0 fully saturated rings. The molecule has 0 aliphatic heterocycles. The first kappa shape index (κ1) is 12.2. The second-order valence-corrected chi connectivity index (χ2v) is 3.67. The SMILES string of the molecule is CN=C(NOC=O)c1ccc(C(C)C)cc1. The first-order chi connectivity index (χ1) is 7.69. The quantitative estimate of drug-likeness (QED) is 0.365. The van der Waals surface area contributed by atoms with E-state index >= 15 is 0 Å². The average Bonchev–Trinajstić information content (AvgIpc) is 2.30. The van der Waals surface area contributed by atoms with Crippen LogP contribution in [0.25, 0.3) is 0 Å². The van der Waals surface area contributed by atoms with Crippen LogP contribution in [0.15, 0.2) is 29.3 Å². The molecular weight excluding hydrogens is 204 g/mol. The van der Waals surface area contributed by atoms with Gasteiger partial charge in [0.2, 0.25) is 0 Å². The van der Waals surface area contributed by atoms with Gasteiger partial charge in [-0.05, 0) is 11.5 Å². The van der Waals surface area contributed by atoms with Crippen molar-refractivity contribution in [1.29, 1.82) is 0 Å². The van der Waals surface area contributed by atoms with Gasteiger partial charge < -0.3 is 4.84 Å². The highest BCUT2D eigenvalue weighted by atomic mass is 16.7. The number of nitrogens with one attached hydrogen (secondary N) is 1. The standard InChI is InChI=1S/C12H16N2O2/c1-9(2)10-4-6-11(7-5-10)12(13-3)14-16-8-15/h4-9H,1-3H3,(H,13,14). The van der Waals surface area contributed by atoms with E-state index in [-0.39, 0.29) is 0 Å². The Labute approximate surface area is 95.3 Å².